The number of rotatable bonds is 6. The molecule has 0 unspecified atom stereocenters. The quantitative estimate of drug-likeness (QED) is 0.763. The average Bonchev–Trinajstić information content (AvgIpc) is 2.62. The van der Waals surface area contributed by atoms with E-state index in [1.165, 1.54) is 6.42 Å². The Morgan fingerprint density at radius 2 is 1.81 bits per heavy atom. The van der Waals surface area contributed by atoms with Gasteiger partial charge in [-0.15, -0.1) is 0 Å². The molecule has 0 radical (unpaired) electrons. The first-order valence-corrected chi connectivity index (χ1v) is 9.21. The Morgan fingerprint density at radius 1 is 1.15 bits per heavy atom. The van der Waals surface area contributed by atoms with Crippen LogP contribution in [0.1, 0.15) is 55.5 Å². The number of esters is 1. The van der Waals surface area contributed by atoms with Gasteiger partial charge >= 0.3 is 5.97 Å². The van der Waals surface area contributed by atoms with E-state index in [1.54, 1.807) is 19.1 Å². The number of hydrogen-bond donors (Lipinski definition) is 2. The molecule has 0 saturated heterocycles. The van der Waals surface area contributed by atoms with Crippen molar-refractivity contribution in [3.63, 3.8) is 0 Å². The Hall–Kier alpha value is -2.37. The molecule has 6 nitrogen and oxygen atoms in total. The molecule has 0 aromatic heterocycles. The van der Waals surface area contributed by atoms with Gasteiger partial charge in [-0.3, -0.25) is 14.4 Å². The van der Waals surface area contributed by atoms with E-state index in [2.05, 4.69) is 17.6 Å². The zero-order valence-electron chi connectivity index (χ0n) is 15.7. The van der Waals surface area contributed by atoms with E-state index in [-0.39, 0.29) is 24.4 Å². The summed E-state index contributed by atoms with van der Waals surface area (Å²) in [7, 11) is 0. The second-order valence-corrected chi connectivity index (χ2v) is 7.06. The van der Waals surface area contributed by atoms with Crippen LogP contribution in [-0.4, -0.2) is 36.5 Å². The second kappa shape index (κ2) is 9.36. The molecule has 2 amide bonds. The molecular formula is C20H28N2O4. The molecule has 2 rings (SSSR count). The number of ether oxygens (including phenoxy) is 1. The van der Waals surface area contributed by atoms with E-state index in [4.69, 9.17) is 4.74 Å². The Labute approximate surface area is 154 Å². The van der Waals surface area contributed by atoms with E-state index >= 15 is 0 Å². The molecule has 0 bridgehead atoms. The van der Waals surface area contributed by atoms with E-state index in [9.17, 15) is 14.4 Å². The fourth-order valence-electron chi connectivity index (χ4n) is 3.08. The number of carbonyl (C=O) groups excluding carboxylic acids is 3. The predicted molar refractivity (Wildman–Crippen MR) is 98.6 cm³/mol. The fourth-order valence-corrected chi connectivity index (χ4v) is 3.08. The lowest BCUT2D eigenvalue weighted by molar-refractivity contribution is -0.154. The van der Waals surface area contributed by atoms with E-state index < -0.39 is 12.1 Å². The lowest BCUT2D eigenvalue weighted by Crippen LogP contribution is -2.46. The lowest BCUT2D eigenvalue weighted by atomic mass is 9.86. The standard InChI is InChI=1S/C20H28N2O4/c1-13-8-10-16(11-9-13)20(25)21-12-18(23)26-15(3)19(24)22-17-7-5-4-6-14(17)2/h8-11,14-15,17H,4-7,12H2,1-3H3,(H,21,25)(H,22,24)/t14-,15+,17+/m0/s1. The van der Waals surface area contributed by atoms with Gasteiger partial charge in [-0.1, -0.05) is 37.5 Å². The summed E-state index contributed by atoms with van der Waals surface area (Å²) >= 11 is 0. The van der Waals surface area contributed by atoms with Crippen LogP contribution in [0.25, 0.3) is 0 Å². The summed E-state index contributed by atoms with van der Waals surface area (Å²) in [6.07, 6.45) is 3.48. The minimum Gasteiger partial charge on any atom is -0.451 e. The summed E-state index contributed by atoms with van der Waals surface area (Å²) in [6.45, 7) is 5.33. The van der Waals surface area contributed by atoms with Crippen LogP contribution in [0.15, 0.2) is 24.3 Å². The van der Waals surface area contributed by atoms with Gasteiger partial charge in [0, 0.05) is 11.6 Å². The molecule has 1 aromatic rings. The molecule has 6 heteroatoms. The smallest absolute Gasteiger partial charge is 0.326 e. The largest absolute Gasteiger partial charge is 0.451 e. The highest BCUT2D eigenvalue weighted by Crippen LogP contribution is 2.23. The second-order valence-electron chi connectivity index (χ2n) is 7.06. The van der Waals surface area contributed by atoms with Gasteiger partial charge in [0.15, 0.2) is 6.10 Å². The minimum absolute atomic E-state index is 0.138. The first kappa shape index (κ1) is 19.9. The van der Waals surface area contributed by atoms with Gasteiger partial charge in [0.1, 0.15) is 6.54 Å². The van der Waals surface area contributed by atoms with Crippen LogP contribution in [0, 0.1) is 12.8 Å². The first-order chi connectivity index (χ1) is 12.4. The third-order valence-electron chi connectivity index (χ3n) is 4.82. The van der Waals surface area contributed by atoms with Crippen LogP contribution >= 0.6 is 0 Å². The van der Waals surface area contributed by atoms with Crippen molar-refractivity contribution < 1.29 is 19.1 Å². The lowest BCUT2D eigenvalue weighted by Gasteiger charge is -2.30. The molecule has 1 fully saturated rings. The first-order valence-electron chi connectivity index (χ1n) is 9.21. The predicted octanol–water partition coefficient (Wildman–Crippen LogP) is 2.35. The van der Waals surface area contributed by atoms with Gasteiger partial charge in [0.05, 0.1) is 0 Å². The van der Waals surface area contributed by atoms with Gasteiger partial charge < -0.3 is 15.4 Å². The molecule has 0 spiro atoms. The number of benzene rings is 1. The topological polar surface area (TPSA) is 84.5 Å². The van der Waals surface area contributed by atoms with Crippen LogP contribution in [0.2, 0.25) is 0 Å². The third-order valence-corrected chi connectivity index (χ3v) is 4.82. The van der Waals surface area contributed by atoms with Gasteiger partial charge in [0.25, 0.3) is 11.8 Å². The Bertz CT molecular complexity index is 642. The highest BCUT2D eigenvalue weighted by atomic mass is 16.5. The van der Waals surface area contributed by atoms with Crippen molar-refractivity contribution >= 4 is 17.8 Å². The maximum Gasteiger partial charge on any atom is 0.326 e. The Morgan fingerprint density at radius 3 is 2.46 bits per heavy atom. The zero-order valence-corrected chi connectivity index (χ0v) is 15.7. The van der Waals surface area contributed by atoms with E-state index in [1.807, 2.05) is 19.1 Å². The van der Waals surface area contributed by atoms with Gasteiger partial charge in [-0.25, -0.2) is 0 Å². The highest BCUT2D eigenvalue weighted by Gasteiger charge is 2.26. The van der Waals surface area contributed by atoms with Crippen molar-refractivity contribution in [2.75, 3.05) is 6.54 Å². The average molecular weight is 360 g/mol. The SMILES string of the molecule is Cc1ccc(C(=O)NCC(=O)O[C@H](C)C(=O)N[C@@H]2CCCC[C@@H]2C)cc1. The van der Waals surface area contributed by atoms with Crippen LogP contribution < -0.4 is 10.6 Å². The van der Waals surface area contributed by atoms with Crippen LogP contribution in [0.5, 0.6) is 0 Å². The summed E-state index contributed by atoms with van der Waals surface area (Å²) in [6, 6.07) is 7.17. The van der Waals surface area contributed by atoms with Crippen molar-refractivity contribution in [3.8, 4) is 0 Å². The van der Waals surface area contributed by atoms with Crippen LogP contribution in [-0.2, 0) is 14.3 Å². The minimum atomic E-state index is -0.882. The molecule has 1 aliphatic carbocycles. The highest BCUT2D eigenvalue weighted by molar-refractivity contribution is 5.96. The van der Waals surface area contributed by atoms with Crippen molar-refractivity contribution in [1.29, 1.82) is 0 Å². The molecular weight excluding hydrogens is 332 g/mol. The van der Waals surface area contributed by atoms with Gasteiger partial charge in [0.2, 0.25) is 0 Å². The van der Waals surface area contributed by atoms with E-state index in [0.29, 0.717) is 11.5 Å². The zero-order chi connectivity index (χ0) is 19.1. The van der Waals surface area contributed by atoms with Crippen LogP contribution in [0.4, 0.5) is 0 Å². The summed E-state index contributed by atoms with van der Waals surface area (Å²) in [5.74, 6) is -0.841. The van der Waals surface area contributed by atoms with Crippen molar-refractivity contribution in [2.45, 2.75) is 58.6 Å². The number of carbonyl (C=O) groups is 3. The fraction of sp³-hybridized carbons (Fsp3) is 0.550. The molecule has 1 aromatic carbocycles. The van der Waals surface area contributed by atoms with Gasteiger partial charge in [-0.05, 0) is 44.7 Å². The molecule has 0 heterocycles. The summed E-state index contributed by atoms with van der Waals surface area (Å²) in [5, 5.41) is 5.47. The summed E-state index contributed by atoms with van der Waals surface area (Å²) < 4.78 is 5.13. The molecule has 142 valence electrons. The van der Waals surface area contributed by atoms with Crippen molar-refractivity contribution in [3.05, 3.63) is 35.4 Å². The van der Waals surface area contributed by atoms with Crippen LogP contribution in [0.3, 0.4) is 0 Å². The molecule has 0 aliphatic heterocycles. The maximum atomic E-state index is 12.2. The monoisotopic (exact) mass is 360 g/mol. The maximum absolute atomic E-state index is 12.2. The molecule has 1 saturated carbocycles. The van der Waals surface area contributed by atoms with Crippen molar-refractivity contribution in [2.24, 2.45) is 5.92 Å². The van der Waals surface area contributed by atoms with Crippen molar-refractivity contribution in [1.82, 2.24) is 10.6 Å². The number of aryl methyl sites for hydroxylation is 1. The number of nitrogens with one attached hydrogen (secondary N) is 2. The number of amides is 2. The summed E-state index contributed by atoms with van der Waals surface area (Å²) in [4.78, 5) is 36.1. The molecule has 3 atom stereocenters. The molecule has 1 aliphatic rings. The van der Waals surface area contributed by atoms with E-state index in [0.717, 1.165) is 24.8 Å². The summed E-state index contributed by atoms with van der Waals surface area (Å²) in [5.41, 5.74) is 1.52. The number of hydrogen-bond acceptors (Lipinski definition) is 4. The van der Waals surface area contributed by atoms with Gasteiger partial charge in [-0.2, -0.15) is 0 Å². The molecule has 2 N–H and O–H groups in total. The normalized spacial score (nSPS) is 20.7. The Balaban J connectivity index is 1.74. The molecule has 26 heavy (non-hydrogen) atoms. The Kier molecular flexibility index (Phi) is 7.18. The third kappa shape index (κ3) is 5.86.